The number of hydrogen-bond acceptors (Lipinski definition) is 6. The molecule has 1 aromatic heterocycles. The Balaban J connectivity index is 2.24. The molecule has 6 heteroatoms. The maximum absolute atomic E-state index is 4.12. The fraction of sp³-hybridized carbons (Fsp3) is 0.778. The molecule has 1 rings (SSSR count). The van der Waals surface area contributed by atoms with Gasteiger partial charge >= 0.3 is 0 Å². The summed E-state index contributed by atoms with van der Waals surface area (Å²) in [7, 11) is 0. The first-order valence-corrected chi connectivity index (χ1v) is 8.02. The highest BCUT2D eigenvalue weighted by molar-refractivity contribution is 8.03. The van der Waals surface area contributed by atoms with Gasteiger partial charge in [0.1, 0.15) is 0 Å². The minimum absolute atomic E-state index is 0.538. The Morgan fingerprint density at radius 1 is 1.40 bits per heavy atom. The van der Waals surface area contributed by atoms with Crippen molar-refractivity contribution < 1.29 is 0 Å². The zero-order valence-corrected chi connectivity index (χ0v) is 11.8. The summed E-state index contributed by atoms with van der Waals surface area (Å²) in [5, 5.41) is 11.6. The highest BCUT2D eigenvalue weighted by Crippen LogP contribution is 2.27. The summed E-state index contributed by atoms with van der Waals surface area (Å²) >= 11 is 5.11. The van der Waals surface area contributed by atoms with Crippen LogP contribution in [-0.2, 0) is 0 Å². The van der Waals surface area contributed by atoms with E-state index in [4.69, 9.17) is 0 Å². The zero-order valence-electron chi connectivity index (χ0n) is 9.32. The van der Waals surface area contributed by atoms with Crippen molar-refractivity contribution in [3.63, 3.8) is 0 Å². The maximum Gasteiger partial charge on any atom is 0.175 e. The van der Waals surface area contributed by atoms with E-state index in [0.29, 0.717) is 6.04 Å². The van der Waals surface area contributed by atoms with Gasteiger partial charge in [-0.15, -0.1) is 10.2 Å². The largest absolute Gasteiger partial charge is 0.313 e. The molecule has 0 amide bonds. The topological polar surface area (TPSA) is 37.8 Å². The molecule has 0 saturated heterocycles. The van der Waals surface area contributed by atoms with Crippen LogP contribution < -0.4 is 5.32 Å². The van der Waals surface area contributed by atoms with Gasteiger partial charge in [0, 0.05) is 11.8 Å². The van der Waals surface area contributed by atoms with Crippen LogP contribution in [0.15, 0.2) is 8.68 Å². The van der Waals surface area contributed by atoms with Gasteiger partial charge in [0.2, 0.25) is 0 Å². The van der Waals surface area contributed by atoms with E-state index in [1.165, 1.54) is 6.42 Å². The second kappa shape index (κ2) is 7.49. The van der Waals surface area contributed by atoms with Crippen LogP contribution in [0, 0.1) is 0 Å². The first-order valence-electron chi connectivity index (χ1n) is 5.00. The lowest BCUT2D eigenvalue weighted by molar-refractivity contribution is 0.590. The molecule has 15 heavy (non-hydrogen) atoms. The molecular weight excluding hydrogens is 246 g/mol. The van der Waals surface area contributed by atoms with Crippen molar-refractivity contribution in [2.24, 2.45) is 0 Å². The van der Waals surface area contributed by atoms with Crippen molar-refractivity contribution in [2.75, 3.05) is 18.6 Å². The van der Waals surface area contributed by atoms with E-state index >= 15 is 0 Å². The Hall–Kier alpha value is 0.220. The molecule has 0 spiro atoms. The van der Waals surface area contributed by atoms with Gasteiger partial charge in [-0.2, -0.15) is 0 Å². The Morgan fingerprint density at radius 2 is 2.13 bits per heavy atom. The lowest BCUT2D eigenvalue weighted by Crippen LogP contribution is -2.28. The minimum Gasteiger partial charge on any atom is -0.313 e. The summed E-state index contributed by atoms with van der Waals surface area (Å²) < 4.78 is 2.12. The van der Waals surface area contributed by atoms with Gasteiger partial charge in [0.25, 0.3) is 0 Å². The van der Waals surface area contributed by atoms with Crippen LogP contribution in [0.5, 0.6) is 0 Å². The van der Waals surface area contributed by atoms with Gasteiger partial charge in [-0.25, -0.2) is 0 Å². The molecule has 0 radical (unpaired) electrons. The summed E-state index contributed by atoms with van der Waals surface area (Å²) in [4.78, 5) is 0. The van der Waals surface area contributed by atoms with E-state index in [9.17, 15) is 0 Å². The Labute approximate surface area is 104 Å². The van der Waals surface area contributed by atoms with Crippen LogP contribution in [0.3, 0.4) is 0 Å². The van der Waals surface area contributed by atoms with Crippen molar-refractivity contribution in [3.8, 4) is 0 Å². The normalized spacial score (nSPS) is 13.0. The SMILES string of the molecule is CCCNC(C)CSc1nnc(SC)s1. The van der Waals surface area contributed by atoms with E-state index < -0.39 is 0 Å². The molecule has 1 heterocycles. The predicted octanol–water partition coefficient (Wildman–Crippen LogP) is 2.74. The Bertz CT molecular complexity index is 277. The van der Waals surface area contributed by atoms with Gasteiger partial charge in [-0.05, 0) is 26.1 Å². The molecule has 0 aliphatic rings. The summed E-state index contributed by atoms with van der Waals surface area (Å²) in [6.45, 7) is 5.48. The zero-order chi connectivity index (χ0) is 11.1. The number of aromatic nitrogens is 2. The number of hydrogen-bond donors (Lipinski definition) is 1. The van der Waals surface area contributed by atoms with Crippen LogP contribution >= 0.6 is 34.9 Å². The summed E-state index contributed by atoms with van der Waals surface area (Å²) in [6.07, 6.45) is 3.21. The number of nitrogens with one attached hydrogen (secondary N) is 1. The number of rotatable bonds is 7. The molecule has 86 valence electrons. The lowest BCUT2D eigenvalue weighted by atomic mass is 10.3. The monoisotopic (exact) mass is 263 g/mol. The first-order chi connectivity index (χ1) is 7.26. The van der Waals surface area contributed by atoms with Crippen LogP contribution in [0.2, 0.25) is 0 Å². The highest BCUT2D eigenvalue weighted by atomic mass is 32.2. The van der Waals surface area contributed by atoms with E-state index in [1.54, 1.807) is 34.9 Å². The smallest absolute Gasteiger partial charge is 0.175 e. The van der Waals surface area contributed by atoms with Crippen molar-refractivity contribution in [1.82, 2.24) is 15.5 Å². The lowest BCUT2D eigenvalue weighted by Gasteiger charge is -2.10. The van der Waals surface area contributed by atoms with Gasteiger partial charge in [0.05, 0.1) is 0 Å². The molecular formula is C9H17N3S3. The molecule has 0 aromatic carbocycles. The Kier molecular flexibility index (Phi) is 6.63. The highest BCUT2D eigenvalue weighted by Gasteiger charge is 2.06. The molecule has 3 nitrogen and oxygen atoms in total. The van der Waals surface area contributed by atoms with E-state index in [-0.39, 0.29) is 0 Å². The van der Waals surface area contributed by atoms with E-state index in [0.717, 1.165) is 21.0 Å². The second-order valence-electron chi connectivity index (χ2n) is 3.20. The third-order valence-corrected chi connectivity index (χ3v) is 5.05. The van der Waals surface area contributed by atoms with E-state index in [1.807, 2.05) is 6.26 Å². The molecule has 0 fully saturated rings. The molecule has 1 N–H and O–H groups in total. The van der Waals surface area contributed by atoms with Gasteiger partial charge in [0.15, 0.2) is 8.68 Å². The molecule has 1 unspecified atom stereocenters. The quantitative estimate of drug-likeness (QED) is 0.766. The number of thioether (sulfide) groups is 2. The summed E-state index contributed by atoms with van der Waals surface area (Å²) in [5.41, 5.74) is 0. The van der Waals surface area contributed by atoms with Gasteiger partial charge in [-0.1, -0.05) is 41.8 Å². The molecule has 0 bridgehead atoms. The van der Waals surface area contributed by atoms with Crippen LogP contribution in [0.4, 0.5) is 0 Å². The first kappa shape index (κ1) is 13.3. The molecule has 0 aliphatic heterocycles. The fourth-order valence-corrected chi connectivity index (χ4v) is 3.43. The van der Waals surface area contributed by atoms with Crippen LogP contribution in [-0.4, -0.2) is 34.8 Å². The van der Waals surface area contributed by atoms with E-state index in [2.05, 4.69) is 29.4 Å². The maximum atomic E-state index is 4.12. The average molecular weight is 263 g/mol. The Morgan fingerprint density at radius 3 is 2.73 bits per heavy atom. The molecule has 0 aliphatic carbocycles. The van der Waals surface area contributed by atoms with Gasteiger partial charge in [-0.3, -0.25) is 0 Å². The predicted molar refractivity (Wildman–Crippen MR) is 70.2 cm³/mol. The van der Waals surface area contributed by atoms with Crippen LogP contribution in [0.25, 0.3) is 0 Å². The minimum atomic E-state index is 0.538. The molecule has 1 atom stereocenters. The summed E-state index contributed by atoms with van der Waals surface area (Å²) in [5.74, 6) is 1.06. The van der Waals surface area contributed by atoms with Gasteiger partial charge < -0.3 is 5.32 Å². The van der Waals surface area contributed by atoms with Crippen molar-refractivity contribution >= 4 is 34.9 Å². The molecule has 1 aromatic rings. The van der Waals surface area contributed by atoms with Crippen LogP contribution in [0.1, 0.15) is 20.3 Å². The second-order valence-corrected chi connectivity index (χ2v) is 6.50. The third-order valence-electron chi connectivity index (χ3n) is 1.76. The van der Waals surface area contributed by atoms with Crippen molar-refractivity contribution in [1.29, 1.82) is 0 Å². The number of nitrogens with zero attached hydrogens (tertiary/aromatic N) is 2. The summed E-state index contributed by atoms with van der Waals surface area (Å²) in [6, 6.07) is 0.538. The van der Waals surface area contributed by atoms with Crippen molar-refractivity contribution in [3.05, 3.63) is 0 Å². The standard InChI is InChI=1S/C9H17N3S3/c1-4-5-10-7(2)6-14-9-12-11-8(13-3)15-9/h7,10H,4-6H2,1-3H3. The average Bonchev–Trinajstić information content (AvgIpc) is 2.71. The van der Waals surface area contributed by atoms with Crippen molar-refractivity contribution in [2.45, 2.75) is 35.0 Å². The fourth-order valence-electron chi connectivity index (χ4n) is 0.984. The third kappa shape index (κ3) is 5.19. The molecule has 0 saturated carbocycles.